The summed E-state index contributed by atoms with van der Waals surface area (Å²) in [5.74, 6) is 0. The third-order valence-corrected chi connectivity index (χ3v) is 1.63. The molecule has 0 radical (unpaired) electrons. The van der Waals surface area contributed by atoms with Crippen molar-refractivity contribution in [2.75, 3.05) is 0 Å². The first-order valence-corrected chi connectivity index (χ1v) is 3.89. The molecule has 1 aromatic rings. The molecule has 0 bridgehead atoms. The highest BCUT2D eigenvalue weighted by Gasteiger charge is 1.84. The lowest BCUT2D eigenvalue weighted by Crippen LogP contribution is -1.87. The van der Waals surface area contributed by atoms with Crippen LogP contribution in [0, 0.1) is 0 Å². The van der Waals surface area contributed by atoms with E-state index in [0.717, 1.165) is 0 Å². The second-order valence-electron chi connectivity index (χ2n) is 2.17. The zero-order chi connectivity index (χ0) is 7.40. The summed E-state index contributed by atoms with van der Waals surface area (Å²) in [6, 6.07) is 8.34. The van der Waals surface area contributed by atoms with Gasteiger partial charge in [0.2, 0.25) is 0 Å². The van der Waals surface area contributed by atoms with Crippen LogP contribution < -0.4 is 5.30 Å². The van der Waals surface area contributed by atoms with E-state index in [1.165, 1.54) is 10.9 Å². The predicted octanol–water partition coefficient (Wildman–Crippen LogP) is 2.22. The average molecular weight is 150 g/mol. The van der Waals surface area contributed by atoms with Crippen LogP contribution in [0.2, 0.25) is 0 Å². The van der Waals surface area contributed by atoms with Crippen LogP contribution in [0.25, 0.3) is 6.08 Å². The van der Waals surface area contributed by atoms with Crippen molar-refractivity contribution in [3.63, 3.8) is 0 Å². The molecule has 0 fully saturated rings. The normalized spacial score (nSPS) is 10.6. The van der Waals surface area contributed by atoms with E-state index < -0.39 is 0 Å². The molecule has 0 N–H and O–H groups in total. The molecule has 0 nitrogen and oxygen atoms in total. The van der Waals surface area contributed by atoms with Crippen molar-refractivity contribution >= 4 is 20.6 Å². The Bertz CT molecular complexity index is 238. The molecule has 1 aromatic carbocycles. The Morgan fingerprint density at radius 1 is 1.40 bits per heavy atom. The summed E-state index contributed by atoms with van der Waals surface area (Å²) in [5.41, 5.74) is 1.26. The minimum Gasteiger partial charge on any atom is -0.106 e. The molecule has 52 valence electrons. The fraction of sp³-hybridized carbons (Fsp3) is 0.111. The Hall–Kier alpha value is -0.610. The van der Waals surface area contributed by atoms with Gasteiger partial charge in [-0.2, -0.15) is 0 Å². The molecule has 1 rings (SSSR count). The van der Waals surface area contributed by atoms with Crippen LogP contribution in [0.1, 0.15) is 12.5 Å². The van der Waals surface area contributed by atoms with Crippen LogP contribution in [-0.4, -0.2) is 0 Å². The number of hydrogen-bond acceptors (Lipinski definition) is 0. The summed E-state index contributed by atoms with van der Waals surface area (Å²) in [7, 11) is 2.68. The van der Waals surface area contributed by atoms with Crippen molar-refractivity contribution in [1.29, 1.82) is 0 Å². The molecule has 1 atom stereocenters. The molecule has 0 amide bonds. The fourth-order valence-electron chi connectivity index (χ4n) is 0.855. The number of allylic oxidation sites excluding steroid dienone is 1. The van der Waals surface area contributed by atoms with E-state index in [-0.39, 0.29) is 0 Å². The van der Waals surface area contributed by atoms with Gasteiger partial charge in [0.05, 0.1) is 0 Å². The second kappa shape index (κ2) is 3.53. The van der Waals surface area contributed by atoms with Gasteiger partial charge < -0.3 is 0 Å². The van der Waals surface area contributed by atoms with Gasteiger partial charge in [0.1, 0.15) is 0 Å². The van der Waals surface area contributed by atoms with Gasteiger partial charge in [0.25, 0.3) is 0 Å². The highest BCUT2D eigenvalue weighted by atomic mass is 31.0. The molecule has 0 heterocycles. The maximum atomic E-state index is 2.68. The van der Waals surface area contributed by atoms with Gasteiger partial charge in [-0.05, 0) is 23.9 Å². The van der Waals surface area contributed by atoms with E-state index in [2.05, 4.69) is 39.6 Å². The monoisotopic (exact) mass is 150 g/mol. The Morgan fingerprint density at radius 2 is 2.20 bits per heavy atom. The molecule has 1 unspecified atom stereocenters. The van der Waals surface area contributed by atoms with E-state index in [1.807, 2.05) is 13.0 Å². The average Bonchev–Trinajstić information content (AvgIpc) is 1.88. The standard InChI is InChI=1S/C9H11P/c1-2-4-8-5-3-6-9(10)7-8/h2-7H,10H2,1H3. The summed E-state index contributed by atoms with van der Waals surface area (Å²) >= 11 is 0. The van der Waals surface area contributed by atoms with Crippen molar-refractivity contribution in [2.24, 2.45) is 0 Å². The first-order chi connectivity index (χ1) is 4.83. The maximum absolute atomic E-state index is 2.68. The smallest absolute Gasteiger partial charge is 0.0254 e. The van der Waals surface area contributed by atoms with E-state index >= 15 is 0 Å². The lowest BCUT2D eigenvalue weighted by atomic mass is 10.2. The zero-order valence-electron chi connectivity index (χ0n) is 6.04. The molecule has 1 heteroatoms. The van der Waals surface area contributed by atoms with Gasteiger partial charge in [0, 0.05) is 0 Å². The van der Waals surface area contributed by atoms with Crippen LogP contribution in [0.4, 0.5) is 0 Å². The van der Waals surface area contributed by atoms with Crippen molar-refractivity contribution in [3.05, 3.63) is 35.9 Å². The quantitative estimate of drug-likeness (QED) is 0.538. The zero-order valence-corrected chi connectivity index (χ0v) is 7.20. The van der Waals surface area contributed by atoms with Crippen LogP contribution in [-0.2, 0) is 0 Å². The summed E-state index contributed by atoms with van der Waals surface area (Å²) in [6.07, 6.45) is 4.13. The molecular formula is C9H11P. The van der Waals surface area contributed by atoms with Crippen molar-refractivity contribution in [2.45, 2.75) is 6.92 Å². The van der Waals surface area contributed by atoms with E-state index in [0.29, 0.717) is 0 Å². The Kier molecular flexibility index (Phi) is 2.65. The lowest BCUT2D eigenvalue weighted by molar-refractivity contribution is 1.68. The van der Waals surface area contributed by atoms with E-state index in [4.69, 9.17) is 0 Å². The van der Waals surface area contributed by atoms with Crippen LogP contribution in [0.3, 0.4) is 0 Å². The van der Waals surface area contributed by atoms with Gasteiger partial charge >= 0.3 is 0 Å². The van der Waals surface area contributed by atoms with Crippen molar-refractivity contribution in [3.8, 4) is 0 Å². The van der Waals surface area contributed by atoms with Gasteiger partial charge in [-0.25, -0.2) is 0 Å². The summed E-state index contributed by atoms with van der Waals surface area (Å²) in [6.45, 7) is 2.02. The summed E-state index contributed by atoms with van der Waals surface area (Å²) in [4.78, 5) is 0. The first kappa shape index (κ1) is 7.50. The topological polar surface area (TPSA) is 0 Å². The molecule has 0 aliphatic carbocycles. The first-order valence-electron chi connectivity index (χ1n) is 3.31. The molecular weight excluding hydrogens is 139 g/mol. The second-order valence-corrected chi connectivity index (χ2v) is 2.84. The molecule has 10 heavy (non-hydrogen) atoms. The van der Waals surface area contributed by atoms with Gasteiger partial charge in [0.15, 0.2) is 0 Å². The summed E-state index contributed by atoms with van der Waals surface area (Å²) in [5, 5.41) is 1.23. The van der Waals surface area contributed by atoms with Crippen LogP contribution in [0.15, 0.2) is 30.3 Å². The predicted molar refractivity (Wildman–Crippen MR) is 50.5 cm³/mol. The SMILES string of the molecule is CC=Cc1cccc(P)c1. The molecule has 0 aliphatic rings. The molecule has 0 spiro atoms. The highest BCUT2D eigenvalue weighted by molar-refractivity contribution is 7.27. The summed E-state index contributed by atoms with van der Waals surface area (Å²) < 4.78 is 0. The molecule has 0 saturated carbocycles. The highest BCUT2D eigenvalue weighted by Crippen LogP contribution is 2.00. The van der Waals surface area contributed by atoms with Crippen molar-refractivity contribution in [1.82, 2.24) is 0 Å². The van der Waals surface area contributed by atoms with Gasteiger partial charge in [-0.15, -0.1) is 9.24 Å². The van der Waals surface area contributed by atoms with Crippen LogP contribution in [0.5, 0.6) is 0 Å². The third kappa shape index (κ3) is 1.97. The largest absolute Gasteiger partial charge is 0.106 e. The molecule has 0 saturated heterocycles. The lowest BCUT2D eigenvalue weighted by Gasteiger charge is -1.93. The Morgan fingerprint density at radius 3 is 2.80 bits per heavy atom. The van der Waals surface area contributed by atoms with Gasteiger partial charge in [-0.3, -0.25) is 0 Å². The fourth-order valence-corrected chi connectivity index (χ4v) is 1.16. The number of hydrogen-bond donors (Lipinski definition) is 0. The molecule has 0 aliphatic heterocycles. The Balaban J connectivity index is 2.95. The minimum absolute atomic E-state index is 1.23. The van der Waals surface area contributed by atoms with E-state index in [1.54, 1.807) is 0 Å². The minimum atomic E-state index is 1.23. The Labute approximate surface area is 64.2 Å². The third-order valence-electron chi connectivity index (χ3n) is 1.27. The number of benzene rings is 1. The number of rotatable bonds is 1. The van der Waals surface area contributed by atoms with Crippen molar-refractivity contribution < 1.29 is 0 Å². The molecule has 0 aromatic heterocycles. The van der Waals surface area contributed by atoms with Crippen LogP contribution >= 0.6 is 9.24 Å². The van der Waals surface area contributed by atoms with Gasteiger partial charge in [-0.1, -0.05) is 30.4 Å². The van der Waals surface area contributed by atoms with E-state index in [9.17, 15) is 0 Å². The maximum Gasteiger partial charge on any atom is -0.0254 e.